The molecule has 1 aliphatic rings. The number of benzene rings is 1. The second-order valence-electron chi connectivity index (χ2n) is 5.16. The number of nitrogens with two attached hydrogens (primary N) is 1. The highest BCUT2D eigenvalue weighted by Gasteiger charge is 2.31. The number of nitrogens with zero attached hydrogens (tertiary/aromatic N) is 1. The van der Waals surface area contributed by atoms with Crippen LogP contribution in [0.5, 0.6) is 0 Å². The third-order valence-corrected chi connectivity index (χ3v) is 6.20. The topological polar surface area (TPSA) is 63.4 Å². The van der Waals surface area contributed by atoms with Gasteiger partial charge in [-0.1, -0.05) is 11.6 Å². The number of rotatable bonds is 3. The van der Waals surface area contributed by atoms with E-state index in [9.17, 15) is 12.8 Å². The van der Waals surface area contributed by atoms with Crippen LogP contribution in [0.3, 0.4) is 0 Å². The zero-order valence-electron chi connectivity index (χ0n) is 11.2. The third kappa shape index (κ3) is 3.14. The molecule has 0 heterocycles. The molecule has 0 bridgehead atoms. The second-order valence-corrected chi connectivity index (χ2v) is 7.54. The lowest BCUT2D eigenvalue weighted by Gasteiger charge is -2.32. The minimum Gasteiger partial charge on any atom is -0.328 e. The highest BCUT2D eigenvalue weighted by Crippen LogP contribution is 2.29. The van der Waals surface area contributed by atoms with Crippen molar-refractivity contribution in [2.75, 3.05) is 7.05 Å². The molecule has 112 valence electrons. The zero-order chi connectivity index (χ0) is 14.9. The molecule has 1 saturated carbocycles. The quantitative estimate of drug-likeness (QED) is 0.930. The fraction of sp³-hybridized carbons (Fsp3) is 0.538. The summed E-state index contributed by atoms with van der Waals surface area (Å²) >= 11 is 5.85. The smallest absolute Gasteiger partial charge is 0.244 e. The summed E-state index contributed by atoms with van der Waals surface area (Å²) in [5, 5.41) is -0.0932. The molecule has 7 heteroatoms. The summed E-state index contributed by atoms with van der Waals surface area (Å²) in [6, 6.07) is 3.39. The Bertz CT molecular complexity index is 586. The van der Waals surface area contributed by atoms with Gasteiger partial charge in [-0.05, 0) is 43.9 Å². The lowest BCUT2D eigenvalue weighted by Crippen LogP contribution is -2.41. The lowest BCUT2D eigenvalue weighted by atomic mass is 9.92. The number of sulfonamides is 1. The zero-order valence-corrected chi connectivity index (χ0v) is 12.8. The Labute approximate surface area is 123 Å². The van der Waals surface area contributed by atoms with E-state index in [0.717, 1.165) is 37.8 Å². The van der Waals surface area contributed by atoms with Crippen LogP contribution in [-0.4, -0.2) is 31.9 Å². The van der Waals surface area contributed by atoms with E-state index < -0.39 is 15.8 Å². The maximum atomic E-state index is 13.0. The number of hydrogen-bond acceptors (Lipinski definition) is 3. The first-order valence-corrected chi connectivity index (χ1v) is 8.33. The average Bonchev–Trinajstić information content (AvgIpc) is 2.38. The van der Waals surface area contributed by atoms with Crippen LogP contribution in [0, 0.1) is 5.82 Å². The van der Waals surface area contributed by atoms with Crippen molar-refractivity contribution in [1.29, 1.82) is 0 Å². The highest BCUT2D eigenvalue weighted by atomic mass is 35.5. The largest absolute Gasteiger partial charge is 0.328 e. The molecule has 0 unspecified atom stereocenters. The van der Waals surface area contributed by atoms with Crippen LogP contribution in [0.4, 0.5) is 4.39 Å². The normalized spacial score (nSPS) is 24.1. The monoisotopic (exact) mass is 320 g/mol. The Morgan fingerprint density at radius 1 is 1.30 bits per heavy atom. The number of halogens is 2. The molecule has 0 saturated heterocycles. The molecule has 20 heavy (non-hydrogen) atoms. The SMILES string of the molecule is CN(C1CCC(N)CC1)S(=O)(=O)c1ccc(F)cc1Cl. The van der Waals surface area contributed by atoms with E-state index in [0.29, 0.717) is 0 Å². The van der Waals surface area contributed by atoms with Crippen molar-refractivity contribution >= 4 is 21.6 Å². The van der Waals surface area contributed by atoms with Gasteiger partial charge in [0.2, 0.25) is 10.0 Å². The summed E-state index contributed by atoms with van der Waals surface area (Å²) in [6.45, 7) is 0. The summed E-state index contributed by atoms with van der Waals surface area (Å²) in [5.74, 6) is -0.555. The van der Waals surface area contributed by atoms with Crippen molar-refractivity contribution in [3.05, 3.63) is 29.0 Å². The Morgan fingerprint density at radius 3 is 2.45 bits per heavy atom. The van der Waals surface area contributed by atoms with Crippen LogP contribution >= 0.6 is 11.6 Å². The van der Waals surface area contributed by atoms with Gasteiger partial charge in [-0.15, -0.1) is 0 Å². The molecular weight excluding hydrogens is 303 g/mol. The first kappa shape index (κ1) is 15.7. The van der Waals surface area contributed by atoms with Crippen LogP contribution < -0.4 is 5.73 Å². The number of hydrogen-bond donors (Lipinski definition) is 1. The van der Waals surface area contributed by atoms with Crippen molar-refractivity contribution in [1.82, 2.24) is 4.31 Å². The molecule has 0 aromatic heterocycles. The van der Waals surface area contributed by atoms with Gasteiger partial charge in [-0.25, -0.2) is 12.8 Å². The minimum absolute atomic E-state index is 0.0575. The van der Waals surface area contributed by atoms with Crippen molar-refractivity contribution in [2.45, 2.75) is 42.7 Å². The van der Waals surface area contributed by atoms with Gasteiger partial charge in [0.15, 0.2) is 0 Å². The van der Waals surface area contributed by atoms with Crippen LogP contribution in [-0.2, 0) is 10.0 Å². The maximum absolute atomic E-state index is 13.0. The fourth-order valence-electron chi connectivity index (χ4n) is 2.50. The Kier molecular flexibility index (Phi) is 4.69. The molecule has 4 nitrogen and oxygen atoms in total. The van der Waals surface area contributed by atoms with Gasteiger partial charge in [-0.3, -0.25) is 0 Å². The van der Waals surface area contributed by atoms with Crippen molar-refractivity contribution in [3.63, 3.8) is 0 Å². The summed E-state index contributed by atoms with van der Waals surface area (Å²) in [4.78, 5) is -0.0575. The maximum Gasteiger partial charge on any atom is 0.244 e. The summed E-state index contributed by atoms with van der Waals surface area (Å²) < 4.78 is 39.4. The van der Waals surface area contributed by atoms with Gasteiger partial charge >= 0.3 is 0 Å². The molecule has 2 rings (SSSR count). The predicted molar refractivity (Wildman–Crippen MR) is 76.6 cm³/mol. The highest BCUT2D eigenvalue weighted by molar-refractivity contribution is 7.89. The average molecular weight is 321 g/mol. The molecule has 1 fully saturated rings. The fourth-order valence-corrected chi connectivity index (χ4v) is 4.42. The molecule has 0 spiro atoms. The molecule has 1 aromatic carbocycles. The first-order valence-electron chi connectivity index (χ1n) is 6.51. The molecule has 1 aliphatic carbocycles. The van der Waals surface area contributed by atoms with Gasteiger partial charge in [0.1, 0.15) is 10.7 Å². The second kappa shape index (κ2) is 5.97. The standard InChI is InChI=1S/C13H18ClFN2O2S/c1-17(11-5-3-10(16)4-6-11)20(18,19)13-7-2-9(15)8-12(13)14/h2,7-8,10-11H,3-6,16H2,1H3. The molecule has 0 atom stereocenters. The predicted octanol–water partition coefficient (Wildman–Crippen LogP) is 2.37. The van der Waals surface area contributed by atoms with E-state index in [1.165, 1.54) is 17.4 Å². The van der Waals surface area contributed by atoms with E-state index in [1.54, 1.807) is 0 Å². The minimum atomic E-state index is -3.71. The van der Waals surface area contributed by atoms with Gasteiger partial charge in [0.05, 0.1) is 5.02 Å². The van der Waals surface area contributed by atoms with Gasteiger partial charge in [0, 0.05) is 19.1 Å². The van der Waals surface area contributed by atoms with E-state index in [-0.39, 0.29) is 22.0 Å². The van der Waals surface area contributed by atoms with E-state index >= 15 is 0 Å². The summed E-state index contributed by atoms with van der Waals surface area (Å²) in [6.07, 6.45) is 3.08. The molecule has 2 N–H and O–H groups in total. The molecule has 0 aliphatic heterocycles. The molecule has 0 amide bonds. The van der Waals surface area contributed by atoms with Crippen molar-refractivity contribution in [2.24, 2.45) is 5.73 Å². The van der Waals surface area contributed by atoms with Crippen LogP contribution in [0.25, 0.3) is 0 Å². The third-order valence-electron chi connectivity index (χ3n) is 3.81. The first-order chi connectivity index (χ1) is 9.32. The summed E-state index contributed by atoms with van der Waals surface area (Å²) in [5.41, 5.74) is 5.83. The van der Waals surface area contributed by atoms with Crippen molar-refractivity contribution < 1.29 is 12.8 Å². The Morgan fingerprint density at radius 2 is 1.90 bits per heavy atom. The molecular formula is C13H18ClFN2O2S. The lowest BCUT2D eigenvalue weighted by molar-refractivity contribution is 0.268. The van der Waals surface area contributed by atoms with Crippen molar-refractivity contribution in [3.8, 4) is 0 Å². The van der Waals surface area contributed by atoms with E-state index in [2.05, 4.69) is 0 Å². The molecule has 0 radical (unpaired) electrons. The summed E-state index contributed by atoms with van der Waals surface area (Å²) in [7, 11) is -2.17. The van der Waals surface area contributed by atoms with Crippen LogP contribution in [0.15, 0.2) is 23.1 Å². The Balaban J connectivity index is 2.25. The Hall–Kier alpha value is -0.690. The van der Waals surface area contributed by atoms with Crippen LogP contribution in [0.2, 0.25) is 5.02 Å². The van der Waals surface area contributed by atoms with E-state index in [4.69, 9.17) is 17.3 Å². The van der Waals surface area contributed by atoms with Crippen LogP contribution in [0.1, 0.15) is 25.7 Å². The van der Waals surface area contributed by atoms with E-state index in [1.807, 2.05) is 0 Å². The van der Waals surface area contributed by atoms with Gasteiger partial charge in [-0.2, -0.15) is 4.31 Å². The van der Waals surface area contributed by atoms with Gasteiger partial charge in [0.25, 0.3) is 0 Å². The van der Waals surface area contributed by atoms with Gasteiger partial charge < -0.3 is 5.73 Å². The molecule has 1 aromatic rings.